The van der Waals surface area contributed by atoms with E-state index in [-0.39, 0.29) is 17.4 Å². The van der Waals surface area contributed by atoms with Crippen molar-refractivity contribution in [3.63, 3.8) is 0 Å². The third kappa shape index (κ3) is 3.30. The van der Waals surface area contributed by atoms with Gasteiger partial charge in [0, 0.05) is 6.54 Å². The van der Waals surface area contributed by atoms with Gasteiger partial charge in [-0.3, -0.25) is 4.79 Å². The molecule has 3 heteroatoms. The van der Waals surface area contributed by atoms with Gasteiger partial charge in [-0.05, 0) is 36.1 Å². The fourth-order valence-corrected chi connectivity index (χ4v) is 2.76. The maximum absolute atomic E-state index is 12.6. The normalized spacial score (nSPS) is 13.1. The van der Waals surface area contributed by atoms with Crippen molar-refractivity contribution in [2.45, 2.75) is 45.1 Å². The molecule has 2 aromatic carbocycles. The van der Waals surface area contributed by atoms with Crippen molar-refractivity contribution in [2.75, 3.05) is 6.54 Å². The lowest BCUT2D eigenvalue weighted by atomic mass is 9.90. The standard InChI is InChI=1S/C19H26N2O/c1-4-19(5-2,13-20)21-18(22)14(3)16-11-10-15-8-6-7-9-17(15)12-16/h6-12,14H,4-5,13,20H2,1-3H3,(H,21,22). The average molecular weight is 298 g/mol. The number of carbonyl (C=O) groups excluding carboxylic acids is 1. The lowest BCUT2D eigenvalue weighted by molar-refractivity contribution is -0.124. The van der Waals surface area contributed by atoms with Gasteiger partial charge in [-0.1, -0.05) is 56.3 Å². The molecule has 0 aromatic heterocycles. The number of amides is 1. The Kier molecular flexibility index (Phi) is 5.19. The maximum atomic E-state index is 12.6. The first kappa shape index (κ1) is 16.5. The summed E-state index contributed by atoms with van der Waals surface area (Å²) in [5.41, 5.74) is 6.62. The predicted octanol–water partition coefficient (Wildman–Crippen LogP) is 3.58. The molecular weight excluding hydrogens is 272 g/mol. The minimum absolute atomic E-state index is 0.0458. The van der Waals surface area contributed by atoms with Gasteiger partial charge in [0.05, 0.1) is 11.5 Å². The summed E-state index contributed by atoms with van der Waals surface area (Å²) >= 11 is 0. The first-order valence-electron chi connectivity index (χ1n) is 8.06. The Morgan fingerprint density at radius 2 is 1.77 bits per heavy atom. The van der Waals surface area contributed by atoms with Crippen molar-refractivity contribution in [2.24, 2.45) is 5.73 Å². The number of rotatable bonds is 6. The summed E-state index contributed by atoms with van der Waals surface area (Å²) in [5.74, 6) is -0.141. The molecule has 118 valence electrons. The van der Waals surface area contributed by atoms with Crippen molar-refractivity contribution < 1.29 is 4.79 Å². The number of hydrogen-bond donors (Lipinski definition) is 2. The molecule has 0 saturated heterocycles. The van der Waals surface area contributed by atoms with Crippen LogP contribution in [0.25, 0.3) is 10.8 Å². The minimum atomic E-state index is -0.289. The van der Waals surface area contributed by atoms with Gasteiger partial charge in [-0.2, -0.15) is 0 Å². The molecule has 3 nitrogen and oxygen atoms in total. The van der Waals surface area contributed by atoms with Crippen LogP contribution in [-0.4, -0.2) is 18.0 Å². The van der Waals surface area contributed by atoms with Gasteiger partial charge in [-0.15, -0.1) is 0 Å². The Morgan fingerprint density at radius 3 is 2.36 bits per heavy atom. The van der Waals surface area contributed by atoms with Crippen LogP contribution >= 0.6 is 0 Å². The van der Waals surface area contributed by atoms with E-state index in [1.165, 1.54) is 5.39 Å². The number of carbonyl (C=O) groups is 1. The van der Waals surface area contributed by atoms with E-state index in [1.54, 1.807) is 0 Å². The van der Waals surface area contributed by atoms with E-state index in [0.29, 0.717) is 6.54 Å². The number of fused-ring (bicyclic) bond motifs is 1. The smallest absolute Gasteiger partial charge is 0.227 e. The topological polar surface area (TPSA) is 55.1 Å². The number of hydrogen-bond acceptors (Lipinski definition) is 2. The van der Waals surface area contributed by atoms with E-state index >= 15 is 0 Å². The van der Waals surface area contributed by atoms with E-state index < -0.39 is 0 Å². The third-order valence-corrected chi connectivity index (χ3v) is 4.80. The molecule has 1 unspecified atom stereocenters. The highest BCUT2D eigenvalue weighted by atomic mass is 16.2. The number of nitrogens with one attached hydrogen (secondary N) is 1. The quantitative estimate of drug-likeness (QED) is 0.856. The van der Waals surface area contributed by atoms with Crippen molar-refractivity contribution in [1.29, 1.82) is 0 Å². The summed E-state index contributed by atoms with van der Waals surface area (Å²) in [6.07, 6.45) is 1.69. The zero-order chi connectivity index (χ0) is 16.2. The Bertz CT molecular complexity index is 638. The highest BCUT2D eigenvalue weighted by Crippen LogP contribution is 2.23. The SMILES string of the molecule is CCC(CC)(CN)NC(=O)C(C)c1ccc2ccccc2c1. The van der Waals surface area contributed by atoms with Crippen molar-refractivity contribution in [3.05, 3.63) is 48.0 Å². The predicted molar refractivity (Wildman–Crippen MR) is 92.9 cm³/mol. The highest BCUT2D eigenvalue weighted by molar-refractivity contribution is 5.88. The highest BCUT2D eigenvalue weighted by Gasteiger charge is 2.28. The van der Waals surface area contributed by atoms with Gasteiger partial charge in [0.15, 0.2) is 0 Å². The zero-order valence-electron chi connectivity index (χ0n) is 13.7. The van der Waals surface area contributed by atoms with Gasteiger partial charge >= 0.3 is 0 Å². The summed E-state index contributed by atoms with van der Waals surface area (Å²) in [6.45, 7) is 6.55. The molecule has 1 atom stereocenters. The minimum Gasteiger partial charge on any atom is -0.349 e. The first-order chi connectivity index (χ1) is 10.5. The molecule has 2 rings (SSSR count). The van der Waals surface area contributed by atoms with Crippen LogP contribution in [-0.2, 0) is 4.79 Å². The van der Waals surface area contributed by atoms with E-state index in [9.17, 15) is 4.79 Å². The van der Waals surface area contributed by atoms with Gasteiger partial charge in [-0.25, -0.2) is 0 Å². The lowest BCUT2D eigenvalue weighted by Crippen LogP contribution is -2.53. The van der Waals surface area contributed by atoms with Crippen LogP contribution in [0.4, 0.5) is 0 Å². The second-order valence-electron chi connectivity index (χ2n) is 6.01. The zero-order valence-corrected chi connectivity index (χ0v) is 13.7. The summed E-state index contributed by atoms with van der Waals surface area (Å²) < 4.78 is 0. The van der Waals surface area contributed by atoms with Crippen LogP contribution in [0.15, 0.2) is 42.5 Å². The molecule has 1 amide bonds. The molecule has 0 spiro atoms. The fourth-order valence-electron chi connectivity index (χ4n) is 2.76. The summed E-state index contributed by atoms with van der Waals surface area (Å²) in [7, 11) is 0. The third-order valence-electron chi connectivity index (χ3n) is 4.80. The van der Waals surface area contributed by atoms with Crippen LogP contribution < -0.4 is 11.1 Å². The molecule has 0 radical (unpaired) electrons. The number of nitrogens with two attached hydrogens (primary N) is 1. The monoisotopic (exact) mass is 298 g/mol. The second-order valence-corrected chi connectivity index (χ2v) is 6.01. The van der Waals surface area contributed by atoms with Gasteiger partial charge in [0.25, 0.3) is 0 Å². The molecule has 22 heavy (non-hydrogen) atoms. The Balaban J connectivity index is 2.21. The summed E-state index contributed by atoms with van der Waals surface area (Å²) in [4.78, 5) is 12.6. The van der Waals surface area contributed by atoms with Crippen LogP contribution in [0.3, 0.4) is 0 Å². The first-order valence-corrected chi connectivity index (χ1v) is 8.06. The van der Waals surface area contributed by atoms with E-state index in [2.05, 4.69) is 43.4 Å². The van der Waals surface area contributed by atoms with Gasteiger partial charge in [0.1, 0.15) is 0 Å². The van der Waals surface area contributed by atoms with Crippen LogP contribution in [0, 0.1) is 0 Å². The van der Waals surface area contributed by atoms with Gasteiger partial charge in [0.2, 0.25) is 5.91 Å². The van der Waals surface area contributed by atoms with Crippen LogP contribution in [0.5, 0.6) is 0 Å². The van der Waals surface area contributed by atoms with Crippen LogP contribution in [0.2, 0.25) is 0 Å². The van der Waals surface area contributed by atoms with E-state index in [0.717, 1.165) is 23.8 Å². The molecule has 0 bridgehead atoms. The van der Waals surface area contributed by atoms with Gasteiger partial charge < -0.3 is 11.1 Å². The Hall–Kier alpha value is -1.87. The molecular formula is C19H26N2O. The second kappa shape index (κ2) is 6.93. The molecule has 2 aromatic rings. The van der Waals surface area contributed by atoms with Crippen molar-refractivity contribution >= 4 is 16.7 Å². The van der Waals surface area contributed by atoms with Crippen molar-refractivity contribution in [3.8, 4) is 0 Å². The molecule has 0 fully saturated rings. The molecule has 0 aliphatic heterocycles. The molecule has 0 heterocycles. The van der Waals surface area contributed by atoms with E-state index in [4.69, 9.17) is 5.73 Å². The largest absolute Gasteiger partial charge is 0.349 e. The Morgan fingerprint density at radius 1 is 1.14 bits per heavy atom. The summed E-state index contributed by atoms with van der Waals surface area (Å²) in [6, 6.07) is 14.4. The average Bonchev–Trinajstić information content (AvgIpc) is 2.58. The lowest BCUT2D eigenvalue weighted by Gasteiger charge is -2.32. The number of benzene rings is 2. The van der Waals surface area contributed by atoms with E-state index in [1.807, 2.05) is 25.1 Å². The van der Waals surface area contributed by atoms with Crippen LogP contribution in [0.1, 0.15) is 45.1 Å². The molecule has 0 aliphatic rings. The Labute approximate surface area is 132 Å². The molecule has 0 aliphatic carbocycles. The van der Waals surface area contributed by atoms with Crippen molar-refractivity contribution in [1.82, 2.24) is 5.32 Å². The molecule has 0 saturated carbocycles. The maximum Gasteiger partial charge on any atom is 0.227 e. The molecule has 3 N–H and O–H groups in total. The summed E-state index contributed by atoms with van der Waals surface area (Å²) in [5, 5.41) is 5.52. The fraction of sp³-hybridized carbons (Fsp3) is 0.421.